The van der Waals surface area contributed by atoms with Crippen LogP contribution in [-0.4, -0.2) is 34.7 Å². The fourth-order valence-electron chi connectivity index (χ4n) is 2.71. The van der Waals surface area contributed by atoms with Crippen molar-refractivity contribution in [3.05, 3.63) is 76.6 Å². The molecule has 0 aliphatic carbocycles. The zero-order valence-electron chi connectivity index (χ0n) is 16.1. The topological polar surface area (TPSA) is 56.6 Å². The van der Waals surface area contributed by atoms with Crippen LogP contribution < -0.4 is 9.47 Å². The second-order valence-corrected chi connectivity index (χ2v) is 6.79. The lowest BCUT2D eigenvalue weighted by Crippen LogP contribution is -2.27. The van der Waals surface area contributed by atoms with Crippen molar-refractivity contribution < 1.29 is 14.3 Å². The van der Waals surface area contributed by atoms with Crippen LogP contribution >= 0.6 is 11.6 Å². The molecule has 7 heteroatoms. The van der Waals surface area contributed by atoms with E-state index in [0.29, 0.717) is 23.7 Å². The largest absolute Gasteiger partial charge is 0.497 e. The molecule has 3 aromatic rings. The monoisotopic (exact) mass is 399 g/mol. The third-order valence-corrected chi connectivity index (χ3v) is 4.73. The van der Waals surface area contributed by atoms with Gasteiger partial charge in [-0.05, 0) is 42.0 Å². The fourth-order valence-corrected chi connectivity index (χ4v) is 2.94. The van der Waals surface area contributed by atoms with E-state index in [-0.39, 0.29) is 5.91 Å². The van der Waals surface area contributed by atoms with Crippen LogP contribution in [0.2, 0.25) is 5.02 Å². The van der Waals surface area contributed by atoms with Gasteiger partial charge in [0.2, 0.25) is 0 Å². The number of aryl methyl sites for hydroxylation is 1. The van der Waals surface area contributed by atoms with Gasteiger partial charge in [-0.25, -0.2) is 0 Å². The summed E-state index contributed by atoms with van der Waals surface area (Å²) in [4.78, 5) is 14.3. The van der Waals surface area contributed by atoms with Crippen LogP contribution in [0.15, 0.2) is 54.7 Å². The van der Waals surface area contributed by atoms with Gasteiger partial charge >= 0.3 is 0 Å². The summed E-state index contributed by atoms with van der Waals surface area (Å²) in [6, 6.07) is 14.8. The zero-order chi connectivity index (χ0) is 20.1. The lowest BCUT2D eigenvalue weighted by atomic mass is 10.1. The zero-order valence-corrected chi connectivity index (χ0v) is 16.8. The second-order valence-electron chi connectivity index (χ2n) is 6.39. The van der Waals surface area contributed by atoms with E-state index < -0.39 is 0 Å². The average Bonchev–Trinajstić information content (AvgIpc) is 3.04. The average molecular weight is 400 g/mol. The Morgan fingerprint density at radius 1 is 1.11 bits per heavy atom. The summed E-state index contributed by atoms with van der Waals surface area (Å²) < 4.78 is 12.6. The van der Waals surface area contributed by atoms with Gasteiger partial charge in [0.1, 0.15) is 18.1 Å². The number of benzene rings is 2. The Labute approximate surface area is 169 Å². The number of nitrogens with zero attached hydrogens (tertiary/aromatic N) is 3. The maximum Gasteiger partial charge on any atom is 0.253 e. The molecule has 0 saturated heterocycles. The third kappa shape index (κ3) is 4.64. The van der Waals surface area contributed by atoms with Crippen LogP contribution in [0.25, 0.3) is 0 Å². The summed E-state index contributed by atoms with van der Waals surface area (Å²) in [7, 11) is 5.17. The second kappa shape index (κ2) is 8.80. The molecule has 1 aromatic heterocycles. The summed E-state index contributed by atoms with van der Waals surface area (Å²) in [5, 5.41) is 4.64. The highest BCUT2D eigenvalue weighted by Crippen LogP contribution is 2.19. The molecular weight excluding hydrogens is 378 g/mol. The van der Waals surface area contributed by atoms with Gasteiger partial charge in [-0.1, -0.05) is 23.7 Å². The van der Waals surface area contributed by atoms with Crippen LogP contribution in [0.4, 0.5) is 0 Å². The van der Waals surface area contributed by atoms with E-state index in [2.05, 4.69) is 5.10 Å². The van der Waals surface area contributed by atoms with Crippen molar-refractivity contribution in [1.82, 2.24) is 14.7 Å². The fraction of sp³-hybridized carbons (Fsp3) is 0.238. The quantitative estimate of drug-likeness (QED) is 0.604. The number of carbonyl (C=O) groups excluding carboxylic acids is 1. The predicted molar refractivity (Wildman–Crippen MR) is 108 cm³/mol. The highest BCUT2D eigenvalue weighted by Gasteiger charge is 2.15. The summed E-state index contributed by atoms with van der Waals surface area (Å²) in [5.74, 6) is 1.46. The Balaban J connectivity index is 1.58. The minimum absolute atomic E-state index is 0.0834. The molecule has 1 amide bonds. The molecule has 0 bridgehead atoms. The van der Waals surface area contributed by atoms with E-state index in [4.69, 9.17) is 21.1 Å². The van der Waals surface area contributed by atoms with Gasteiger partial charge in [-0.3, -0.25) is 9.48 Å². The minimum Gasteiger partial charge on any atom is -0.497 e. The molecule has 6 nitrogen and oxygen atoms in total. The number of hydrogen-bond acceptors (Lipinski definition) is 4. The van der Waals surface area contributed by atoms with Gasteiger partial charge in [-0.2, -0.15) is 5.10 Å². The first-order valence-corrected chi connectivity index (χ1v) is 9.13. The van der Waals surface area contributed by atoms with Crippen molar-refractivity contribution in [2.45, 2.75) is 13.2 Å². The van der Waals surface area contributed by atoms with Crippen LogP contribution in [0.5, 0.6) is 11.5 Å². The number of amides is 1. The van der Waals surface area contributed by atoms with Crippen molar-refractivity contribution in [2.24, 2.45) is 7.05 Å². The standard InChI is InChI=1S/C21H22ClN3O3/c1-24(13-20-19(22)12-23-25(20)2)21(26)16-6-4-15(5-7-16)14-28-18-10-8-17(27-3)9-11-18/h4-12H,13-14H2,1-3H3. The molecule has 0 fully saturated rings. The molecule has 1 heterocycles. The lowest BCUT2D eigenvalue weighted by molar-refractivity contribution is 0.0782. The van der Waals surface area contributed by atoms with Crippen LogP contribution in [0.3, 0.4) is 0 Å². The first-order chi connectivity index (χ1) is 13.5. The van der Waals surface area contributed by atoms with Crippen LogP contribution in [-0.2, 0) is 20.2 Å². The number of aromatic nitrogens is 2. The van der Waals surface area contributed by atoms with Crippen molar-refractivity contribution >= 4 is 17.5 Å². The predicted octanol–water partition coefficient (Wildman–Crippen LogP) is 3.93. The first-order valence-electron chi connectivity index (χ1n) is 8.75. The summed E-state index contributed by atoms with van der Waals surface area (Å²) in [6.45, 7) is 0.803. The van der Waals surface area contributed by atoms with Crippen LogP contribution in [0.1, 0.15) is 21.6 Å². The third-order valence-electron chi connectivity index (χ3n) is 4.41. The Bertz CT molecular complexity index is 917. The van der Waals surface area contributed by atoms with E-state index >= 15 is 0 Å². The molecule has 0 spiro atoms. The van der Waals surface area contributed by atoms with Gasteiger partial charge in [0.15, 0.2) is 0 Å². The van der Waals surface area contributed by atoms with Gasteiger partial charge < -0.3 is 14.4 Å². The smallest absolute Gasteiger partial charge is 0.253 e. The first kappa shape index (κ1) is 19.8. The molecule has 3 rings (SSSR count). The van der Waals surface area contributed by atoms with Gasteiger partial charge in [0, 0.05) is 19.7 Å². The highest BCUT2D eigenvalue weighted by molar-refractivity contribution is 6.31. The van der Waals surface area contributed by atoms with E-state index in [1.54, 1.807) is 49.1 Å². The Morgan fingerprint density at radius 3 is 2.32 bits per heavy atom. The van der Waals surface area contributed by atoms with Gasteiger partial charge in [0.25, 0.3) is 5.91 Å². The molecular formula is C21H22ClN3O3. The van der Waals surface area contributed by atoms with E-state index in [0.717, 1.165) is 22.8 Å². The molecule has 0 saturated carbocycles. The SMILES string of the molecule is COc1ccc(OCc2ccc(C(=O)N(C)Cc3c(Cl)cnn3C)cc2)cc1. The Morgan fingerprint density at radius 2 is 1.75 bits per heavy atom. The molecule has 28 heavy (non-hydrogen) atoms. The Hall–Kier alpha value is -2.99. The van der Waals surface area contributed by atoms with Crippen molar-refractivity contribution in [1.29, 1.82) is 0 Å². The van der Waals surface area contributed by atoms with E-state index in [9.17, 15) is 4.79 Å². The number of ether oxygens (including phenoxy) is 2. The number of methoxy groups -OCH3 is 1. The van der Waals surface area contributed by atoms with Crippen molar-refractivity contribution in [3.63, 3.8) is 0 Å². The number of halogens is 1. The number of hydrogen-bond donors (Lipinski definition) is 0. The summed E-state index contributed by atoms with van der Waals surface area (Å²) >= 11 is 6.12. The molecule has 0 atom stereocenters. The van der Waals surface area contributed by atoms with Gasteiger partial charge in [0.05, 0.1) is 30.6 Å². The Kier molecular flexibility index (Phi) is 6.21. The summed E-state index contributed by atoms with van der Waals surface area (Å²) in [6.07, 6.45) is 1.58. The molecule has 0 aliphatic heterocycles. The molecule has 0 unspecified atom stereocenters. The highest BCUT2D eigenvalue weighted by atomic mass is 35.5. The maximum atomic E-state index is 12.7. The molecule has 2 aromatic carbocycles. The number of rotatable bonds is 7. The lowest BCUT2D eigenvalue weighted by Gasteiger charge is -2.18. The van der Waals surface area contributed by atoms with E-state index in [1.165, 1.54) is 0 Å². The number of carbonyl (C=O) groups is 1. The molecule has 0 N–H and O–H groups in total. The van der Waals surface area contributed by atoms with E-state index in [1.807, 2.05) is 36.4 Å². The van der Waals surface area contributed by atoms with Crippen LogP contribution in [0, 0.1) is 0 Å². The normalized spacial score (nSPS) is 10.6. The molecule has 0 radical (unpaired) electrons. The summed E-state index contributed by atoms with van der Waals surface area (Å²) in [5.41, 5.74) is 2.38. The molecule has 146 valence electrons. The molecule has 0 aliphatic rings. The van der Waals surface area contributed by atoms with Gasteiger partial charge in [-0.15, -0.1) is 0 Å². The maximum absolute atomic E-state index is 12.7. The van der Waals surface area contributed by atoms with Crippen molar-refractivity contribution in [2.75, 3.05) is 14.2 Å². The van der Waals surface area contributed by atoms with Crippen molar-refractivity contribution in [3.8, 4) is 11.5 Å². The minimum atomic E-state index is -0.0834.